The summed E-state index contributed by atoms with van der Waals surface area (Å²) in [5.74, 6) is -2.11. The van der Waals surface area contributed by atoms with E-state index in [1.165, 1.54) is 17.4 Å². The number of sulfone groups is 1. The summed E-state index contributed by atoms with van der Waals surface area (Å²) in [4.78, 5) is 18.4. The average Bonchev–Trinajstić information content (AvgIpc) is 3.05. The molecule has 1 aliphatic rings. The van der Waals surface area contributed by atoms with E-state index in [1.54, 1.807) is 17.2 Å². The van der Waals surface area contributed by atoms with E-state index >= 15 is 0 Å². The number of nitrogens with zero attached hydrogens (tertiary/aromatic N) is 2. The van der Waals surface area contributed by atoms with Crippen molar-refractivity contribution in [3.8, 4) is 11.3 Å². The number of carbonyl (C=O) groups excluding carboxylic acids is 1. The number of carbonyl (C=O) groups is 1. The molecule has 1 aromatic carbocycles. The summed E-state index contributed by atoms with van der Waals surface area (Å²) in [6, 6.07) is 2.98. The summed E-state index contributed by atoms with van der Waals surface area (Å²) in [5.41, 5.74) is 0.843. The molecule has 1 atom stereocenters. The van der Waals surface area contributed by atoms with Crippen molar-refractivity contribution < 1.29 is 22.0 Å². The maximum atomic E-state index is 13.3. The van der Waals surface area contributed by atoms with E-state index in [0.29, 0.717) is 29.5 Å². The van der Waals surface area contributed by atoms with Crippen LogP contribution in [0.5, 0.6) is 0 Å². The van der Waals surface area contributed by atoms with E-state index in [4.69, 9.17) is 0 Å². The number of amides is 1. The lowest BCUT2D eigenvalue weighted by atomic mass is 10.2. The summed E-state index contributed by atoms with van der Waals surface area (Å²) < 4.78 is 49.3. The predicted octanol–water partition coefficient (Wildman–Crippen LogP) is 2.15. The Morgan fingerprint density at radius 2 is 1.96 bits per heavy atom. The molecule has 1 aliphatic heterocycles. The minimum absolute atomic E-state index is 0.0438. The van der Waals surface area contributed by atoms with Crippen LogP contribution >= 0.6 is 11.3 Å². The van der Waals surface area contributed by atoms with E-state index in [9.17, 15) is 22.0 Å². The van der Waals surface area contributed by atoms with Crippen molar-refractivity contribution in [3.63, 3.8) is 0 Å². The van der Waals surface area contributed by atoms with Gasteiger partial charge < -0.3 is 5.32 Å². The number of hydrogen-bond acceptors (Lipinski definition) is 6. The molecule has 140 valence electrons. The number of hydrogen-bond donors (Lipinski definition) is 1. The van der Waals surface area contributed by atoms with Gasteiger partial charge in [-0.25, -0.2) is 22.2 Å². The fourth-order valence-electron chi connectivity index (χ4n) is 2.61. The highest BCUT2D eigenvalue weighted by molar-refractivity contribution is 7.91. The fourth-order valence-corrected chi connectivity index (χ4v) is 4.56. The molecule has 1 N–H and O–H groups in total. The molecule has 0 radical (unpaired) electrons. The molecule has 1 fully saturated rings. The Morgan fingerprint density at radius 3 is 2.62 bits per heavy atom. The minimum atomic E-state index is -3.01. The fraction of sp³-hybridized carbons (Fsp3) is 0.375. The van der Waals surface area contributed by atoms with Crippen molar-refractivity contribution in [2.75, 3.05) is 29.9 Å². The van der Waals surface area contributed by atoms with Crippen LogP contribution in [-0.4, -0.2) is 54.8 Å². The van der Waals surface area contributed by atoms with Crippen LogP contribution in [-0.2, 0) is 14.6 Å². The average molecular weight is 401 g/mol. The van der Waals surface area contributed by atoms with E-state index in [-0.39, 0.29) is 17.4 Å². The molecule has 0 spiro atoms. The first-order chi connectivity index (χ1) is 12.2. The van der Waals surface area contributed by atoms with Crippen molar-refractivity contribution in [3.05, 3.63) is 35.2 Å². The zero-order chi connectivity index (χ0) is 18.9. The maximum absolute atomic E-state index is 13.3. The third-order valence-electron chi connectivity index (χ3n) is 4.26. The zero-order valence-electron chi connectivity index (χ0n) is 13.9. The summed E-state index contributed by atoms with van der Waals surface area (Å²) in [6.45, 7) is 2.33. The standard InChI is InChI=1S/C16H17F2N3O3S2/c1-10(21-4-6-26(23,24)7-5-21)15(22)20-16-19-14(9-25-16)11-2-3-12(17)13(18)8-11/h2-3,8-10H,4-7H2,1H3,(H,19,20,22). The van der Waals surface area contributed by atoms with Gasteiger partial charge in [-0.2, -0.15) is 0 Å². The predicted molar refractivity (Wildman–Crippen MR) is 95.8 cm³/mol. The number of rotatable bonds is 4. The Balaban J connectivity index is 1.65. The van der Waals surface area contributed by atoms with Gasteiger partial charge in [-0.3, -0.25) is 9.69 Å². The Kier molecular flexibility index (Phi) is 5.35. The lowest BCUT2D eigenvalue weighted by Gasteiger charge is -2.30. The first-order valence-corrected chi connectivity index (χ1v) is 10.6. The quantitative estimate of drug-likeness (QED) is 0.849. The van der Waals surface area contributed by atoms with E-state index in [0.717, 1.165) is 12.1 Å². The van der Waals surface area contributed by atoms with Gasteiger partial charge in [0.1, 0.15) is 0 Å². The largest absolute Gasteiger partial charge is 0.301 e. The summed E-state index contributed by atoms with van der Waals surface area (Å²) in [5, 5.41) is 4.66. The maximum Gasteiger partial charge on any atom is 0.243 e. The molecule has 10 heteroatoms. The van der Waals surface area contributed by atoms with Crippen molar-refractivity contribution >= 4 is 32.2 Å². The van der Waals surface area contributed by atoms with Crippen molar-refractivity contribution in [1.29, 1.82) is 0 Å². The third kappa shape index (κ3) is 4.25. The van der Waals surface area contributed by atoms with Crippen LogP contribution in [0.1, 0.15) is 6.92 Å². The van der Waals surface area contributed by atoms with Gasteiger partial charge >= 0.3 is 0 Å². The molecule has 0 saturated carbocycles. The second kappa shape index (κ2) is 7.37. The third-order valence-corrected chi connectivity index (χ3v) is 6.62. The molecule has 1 amide bonds. The normalized spacial score (nSPS) is 18.4. The molecular weight excluding hydrogens is 384 g/mol. The van der Waals surface area contributed by atoms with Gasteiger partial charge in [-0.05, 0) is 25.1 Å². The number of nitrogens with one attached hydrogen (secondary N) is 1. The molecule has 6 nitrogen and oxygen atoms in total. The number of aromatic nitrogens is 1. The lowest BCUT2D eigenvalue weighted by molar-refractivity contribution is -0.120. The van der Waals surface area contributed by atoms with Gasteiger partial charge in [0.2, 0.25) is 5.91 Å². The Morgan fingerprint density at radius 1 is 1.27 bits per heavy atom. The smallest absolute Gasteiger partial charge is 0.243 e. The van der Waals surface area contributed by atoms with E-state index in [1.807, 2.05) is 0 Å². The Hall–Kier alpha value is -1.91. The second-order valence-electron chi connectivity index (χ2n) is 6.02. The number of halogens is 2. The minimum Gasteiger partial charge on any atom is -0.301 e. The van der Waals surface area contributed by atoms with E-state index in [2.05, 4.69) is 10.3 Å². The lowest BCUT2D eigenvalue weighted by Crippen LogP contribution is -2.49. The number of anilines is 1. The molecule has 1 aromatic heterocycles. The first kappa shape index (κ1) is 18.9. The van der Waals surface area contributed by atoms with Crippen LogP contribution < -0.4 is 5.32 Å². The highest BCUT2D eigenvalue weighted by Crippen LogP contribution is 2.26. The SMILES string of the molecule is CC(C(=O)Nc1nc(-c2ccc(F)c(F)c2)cs1)N1CCS(=O)(=O)CC1. The van der Waals surface area contributed by atoms with E-state index < -0.39 is 27.5 Å². The summed E-state index contributed by atoms with van der Waals surface area (Å²) in [6.07, 6.45) is 0. The van der Waals surface area contributed by atoms with Crippen LogP contribution in [0.4, 0.5) is 13.9 Å². The van der Waals surface area contributed by atoms with Crippen molar-refractivity contribution in [2.24, 2.45) is 0 Å². The number of thiazole rings is 1. The van der Waals surface area contributed by atoms with Gasteiger partial charge in [-0.15, -0.1) is 11.3 Å². The Labute approximate surface area is 153 Å². The molecule has 26 heavy (non-hydrogen) atoms. The number of benzene rings is 1. The Bertz CT molecular complexity index is 917. The molecule has 0 bridgehead atoms. The monoisotopic (exact) mass is 401 g/mol. The van der Waals surface area contributed by atoms with Crippen LogP contribution in [0.3, 0.4) is 0 Å². The van der Waals surface area contributed by atoms with Crippen LogP contribution in [0.2, 0.25) is 0 Å². The molecule has 3 rings (SSSR count). The van der Waals surface area contributed by atoms with Gasteiger partial charge in [0.05, 0.1) is 23.2 Å². The highest BCUT2D eigenvalue weighted by Gasteiger charge is 2.28. The zero-order valence-corrected chi connectivity index (χ0v) is 15.5. The molecule has 2 aromatic rings. The van der Waals surface area contributed by atoms with Gasteiger partial charge in [0, 0.05) is 24.0 Å². The first-order valence-electron chi connectivity index (χ1n) is 7.91. The molecule has 0 aliphatic carbocycles. The molecular formula is C16H17F2N3O3S2. The molecule has 2 heterocycles. The van der Waals surface area contributed by atoms with Gasteiger partial charge in [-0.1, -0.05) is 0 Å². The van der Waals surface area contributed by atoms with Gasteiger partial charge in [0.15, 0.2) is 26.6 Å². The highest BCUT2D eigenvalue weighted by atomic mass is 32.2. The van der Waals surface area contributed by atoms with Crippen LogP contribution in [0, 0.1) is 11.6 Å². The summed E-state index contributed by atoms with van der Waals surface area (Å²) in [7, 11) is -3.01. The van der Waals surface area contributed by atoms with Crippen molar-refractivity contribution in [1.82, 2.24) is 9.88 Å². The molecule has 1 saturated heterocycles. The topological polar surface area (TPSA) is 79.4 Å². The van der Waals surface area contributed by atoms with Gasteiger partial charge in [0.25, 0.3) is 0 Å². The van der Waals surface area contributed by atoms with Crippen molar-refractivity contribution in [2.45, 2.75) is 13.0 Å². The second-order valence-corrected chi connectivity index (χ2v) is 9.18. The molecule has 1 unspecified atom stereocenters. The van der Waals surface area contributed by atoms with Crippen LogP contribution in [0.25, 0.3) is 11.3 Å². The summed E-state index contributed by atoms with van der Waals surface area (Å²) >= 11 is 1.17. The van der Waals surface area contributed by atoms with Crippen LogP contribution in [0.15, 0.2) is 23.6 Å².